The molecule has 0 aliphatic heterocycles. The number of benzene rings is 2. The SMILES string of the molecule is CCCCCP(C(=O)c1c(C)cc(C)cc1C)C(=O)c1c(OC)cccc1OC. The quantitative estimate of drug-likeness (QED) is 0.339. The molecule has 4 nitrogen and oxygen atoms in total. The first-order valence-corrected chi connectivity index (χ1v) is 11.5. The molecule has 29 heavy (non-hydrogen) atoms. The Morgan fingerprint density at radius 2 is 1.38 bits per heavy atom. The minimum atomic E-state index is -1.57. The van der Waals surface area contributed by atoms with Crippen LogP contribution in [0.1, 0.15) is 63.6 Å². The molecule has 0 aliphatic carbocycles. The summed E-state index contributed by atoms with van der Waals surface area (Å²) in [6, 6.07) is 9.27. The first kappa shape index (κ1) is 23.1. The lowest BCUT2D eigenvalue weighted by Gasteiger charge is -2.20. The van der Waals surface area contributed by atoms with Crippen LogP contribution in [0.4, 0.5) is 0 Å². The van der Waals surface area contributed by atoms with E-state index >= 15 is 0 Å². The number of ether oxygens (including phenoxy) is 2. The molecule has 2 aromatic carbocycles. The highest BCUT2D eigenvalue weighted by Gasteiger charge is 2.33. The largest absolute Gasteiger partial charge is 0.496 e. The van der Waals surface area contributed by atoms with Gasteiger partial charge in [-0.05, 0) is 56.6 Å². The number of carbonyl (C=O) groups is 2. The summed E-state index contributed by atoms with van der Waals surface area (Å²) in [4.78, 5) is 27.3. The van der Waals surface area contributed by atoms with Crippen LogP contribution in [-0.2, 0) is 0 Å². The summed E-state index contributed by atoms with van der Waals surface area (Å²) in [6.07, 6.45) is 3.45. The molecule has 0 aromatic heterocycles. The van der Waals surface area contributed by atoms with E-state index in [1.165, 1.54) is 14.2 Å². The van der Waals surface area contributed by atoms with Crippen molar-refractivity contribution in [3.63, 3.8) is 0 Å². The summed E-state index contributed by atoms with van der Waals surface area (Å²) in [5.41, 5.74) is 3.80. The Balaban J connectivity index is 2.54. The lowest BCUT2D eigenvalue weighted by atomic mass is 10.0. The van der Waals surface area contributed by atoms with Crippen LogP contribution in [0.15, 0.2) is 30.3 Å². The fourth-order valence-electron chi connectivity index (χ4n) is 3.66. The Morgan fingerprint density at radius 3 is 1.86 bits per heavy atom. The molecule has 0 saturated carbocycles. The molecule has 5 heteroatoms. The molecular formula is C24H31O4P. The molecule has 0 saturated heterocycles. The minimum absolute atomic E-state index is 0.0518. The zero-order valence-electron chi connectivity index (χ0n) is 18.3. The van der Waals surface area contributed by atoms with Crippen LogP contribution in [0, 0.1) is 20.8 Å². The van der Waals surface area contributed by atoms with Crippen molar-refractivity contribution in [2.24, 2.45) is 0 Å². The van der Waals surface area contributed by atoms with Gasteiger partial charge < -0.3 is 9.47 Å². The zero-order valence-corrected chi connectivity index (χ0v) is 19.2. The number of hydrogen-bond donors (Lipinski definition) is 0. The highest BCUT2D eigenvalue weighted by Crippen LogP contribution is 2.48. The maximum atomic E-state index is 13.7. The number of methoxy groups -OCH3 is 2. The highest BCUT2D eigenvalue weighted by atomic mass is 31.1. The van der Waals surface area contributed by atoms with Gasteiger partial charge in [-0.2, -0.15) is 0 Å². The van der Waals surface area contributed by atoms with Gasteiger partial charge in [-0.1, -0.05) is 43.5 Å². The topological polar surface area (TPSA) is 52.6 Å². The van der Waals surface area contributed by atoms with Crippen molar-refractivity contribution in [3.05, 3.63) is 58.1 Å². The highest BCUT2D eigenvalue weighted by molar-refractivity contribution is 7.90. The Kier molecular flexibility index (Phi) is 8.40. The van der Waals surface area contributed by atoms with E-state index < -0.39 is 7.92 Å². The lowest BCUT2D eigenvalue weighted by Crippen LogP contribution is -2.13. The van der Waals surface area contributed by atoms with Gasteiger partial charge in [0.2, 0.25) is 0 Å². The third kappa shape index (κ3) is 5.25. The second-order valence-electron chi connectivity index (χ2n) is 7.28. The monoisotopic (exact) mass is 414 g/mol. The lowest BCUT2D eigenvalue weighted by molar-refractivity contribution is 0.104. The van der Waals surface area contributed by atoms with E-state index in [-0.39, 0.29) is 11.0 Å². The van der Waals surface area contributed by atoms with E-state index in [1.807, 2.05) is 32.9 Å². The molecule has 0 radical (unpaired) electrons. The predicted molar refractivity (Wildman–Crippen MR) is 120 cm³/mol. The normalized spacial score (nSPS) is 11.8. The van der Waals surface area contributed by atoms with Gasteiger partial charge in [-0.15, -0.1) is 0 Å². The van der Waals surface area contributed by atoms with E-state index in [1.54, 1.807) is 18.2 Å². The zero-order chi connectivity index (χ0) is 21.6. The molecule has 0 spiro atoms. The van der Waals surface area contributed by atoms with Gasteiger partial charge in [0.15, 0.2) is 11.0 Å². The summed E-state index contributed by atoms with van der Waals surface area (Å²) in [5, 5.41) is 0. The Morgan fingerprint density at radius 1 is 0.862 bits per heavy atom. The van der Waals surface area contributed by atoms with Crippen LogP contribution in [0.5, 0.6) is 11.5 Å². The smallest absolute Gasteiger partial charge is 0.199 e. The summed E-state index contributed by atoms with van der Waals surface area (Å²) < 4.78 is 10.9. The fraction of sp³-hybridized carbons (Fsp3) is 0.417. The Bertz CT molecular complexity index is 843. The number of unbranched alkanes of at least 4 members (excludes halogenated alkanes) is 2. The van der Waals surface area contributed by atoms with E-state index in [0.717, 1.165) is 36.0 Å². The molecule has 1 atom stereocenters. The molecule has 2 rings (SSSR count). The van der Waals surface area contributed by atoms with Gasteiger partial charge in [-0.25, -0.2) is 0 Å². The first-order chi connectivity index (χ1) is 13.8. The number of rotatable bonds is 10. The maximum Gasteiger partial charge on any atom is 0.199 e. The standard InChI is InChI=1S/C24H31O4P/c1-7-8-9-13-29(23(25)21-17(3)14-16(2)15-18(21)4)24(26)22-19(27-5)11-10-12-20(22)28-6/h10-12,14-15H,7-9,13H2,1-6H3. The molecule has 156 valence electrons. The molecule has 0 N–H and O–H groups in total. The van der Waals surface area contributed by atoms with E-state index in [2.05, 4.69) is 6.92 Å². The average Bonchev–Trinajstić information content (AvgIpc) is 2.69. The molecule has 1 unspecified atom stereocenters. The summed E-state index contributed by atoms with van der Waals surface area (Å²) in [6.45, 7) is 8.02. The van der Waals surface area contributed by atoms with Crippen LogP contribution in [0.3, 0.4) is 0 Å². The van der Waals surface area contributed by atoms with Crippen molar-refractivity contribution in [3.8, 4) is 11.5 Å². The minimum Gasteiger partial charge on any atom is -0.496 e. The average molecular weight is 414 g/mol. The predicted octanol–water partition coefficient (Wildman–Crippen LogP) is 6.28. The van der Waals surface area contributed by atoms with Crippen molar-refractivity contribution >= 4 is 19.0 Å². The van der Waals surface area contributed by atoms with Gasteiger partial charge in [0, 0.05) is 13.5 Å². The second-order valence-corrected chi connectivity index (χ2v) is 9.40. The van der Waals surface area contributed by atoms with Crippen molar-refractivity contribution in [1.29, 1.82) is 0 Å². The van der Waals surface area contributed by atoms with Crippen molar-refractivity contribution in [2.45, 2.75) is 47.0 Å². The van der Waals surface area contributed by atoms with Gasteiger partial charge in [-0.3, -0.25) is 9.59 Å². The number of carbonyl (C=O) groups excluding carboxylic acids is 2. The van der Waals surface area contributed by atoms with Gasteiger partial charge >= 0.3 is 0 Å². The molecule has 0 heterocycles. The third-order valence-corrected chi connectivity index (χ3v) is 7.20. The number of hydrogen-bond acceptors (Lipinski definition) is 4. The molecule has 0 bridgehead atoms. The summed E-state index contributed by atoms with van der Waals surface area (Å²) >= 11 is 0. The molecule has 0 amide bonds. The summed E-state index contributed by atoms with van der Waals surface area (Å²) in [5.74, 6) is 0.894. The van der Waals surface area contributed by atoms with Crippen LogP contribution in [0.25, 0.3) is 0 Å². The van der Waals surface area contributed by atoms with Gasteiger partial charge in [0.1, 0.15) is 17.1 Å². The van der Waals surface area contributed by atoms with Crippen molar-refractivity contribution < 1.29 is 19.1 Å². The van der Waals surface area contributed by atoms with E-state index in [0.29, 0.717) is 28.8 Å². The van der Waals surface area contributed by atoms with E-state index in [4.69, 9.17) is 9.47 Å². The molecule has 0 fully saturated rings. The van der Waals surface area contributed by atoms with Crippen LogP contribution in [-0.4, -0.2) is 31.4 Å². The Hall–Kier alpha value is -2.19. The first-order valence-electron chi connectivity index (χ1n) is 10.0. The van der Waals surface area contributed by atoms with Crippen LogP contribution >= 0.6 is 7.92 Å². The van der Waals surface area contributed by atoms with E-state index in [9.17, 15) is 9.59 Å². The number of aryl methyl sites for hydroxylation is 3. The fourth-order valence-corrected chi connectivity index (χ4v) is 5.91. The van der Waals surface area contributed by atoms with Gasteiger partial charge in [0.05, 0.1) is 14.2 Å². The molecule has 2 aromatic rings. The molecule has 0 aliphatic rings. The molecular weight excluding hydrogens is 383 g/mol. The summed E-state index contributed by atoms with van der Waals surface area (Å²) in [7, 11) is 1.49. The van der Waals surface area contributed by atoms with Crippen molar-refractivity contribution in [2.75, 3.05) is 20.4 Å². The van der Waals surface area contributed by atoms with Crippen molar-refractivity contribution in [1.82, 2.24) is 0 Å². The Labute approximate surface area is 175 Å². The second kappa shape index (κ2) is 10.5. The van der Waals surface area contributed by atoms with Crippen LogP contribution < -0.4 is 9.47 Å². The third-order valence-electron chi connectivity index (χ3n) is 5.01. The van der Waals surface area contributed by atoms with Gasteiger partial charge in [0.25, 0.3) is 0 Å². The van der Waals surface area contributed by atoms with Crippen LogP contribution in [0.2, 0.25) is 0 Å². The maximum absolute atomic E-state index is 13.7.